The van der Waals surface area contributed by atoms with Crippen molar-refractivity contribution in [1.29, 1.82) is 0 Å². The van der Waals surface area contributed by atoms with Gasteiger partial charge in [-0.3, -0.25) is 4.68 Å². The van der Waals surface area contributed by atoms with Crippen molar-refractivity contribution in [2.75, 3.05) is 6.54 Å². The van der Waals surface area contributed by atoms with Crippen molar-refractivity contribution in [1.82, 2.24) is 15.1 Å². The lowest BCUT2D eigenvalue weighted by molar-refractivity contribution is 0.598. The molecule has 20 heavy (non-hydrogen) atoms. The quantitative estimate of drug-likeness (QED) is 0.862. The van der Waals surface area contributed by atoms with Gasteiger partial charge in [-0.2, -0.15) is 5.10 Å². The van der Waals surface area contributed by atoms with E-state index in [1.807, 2.05) is 4.68 Å². The Morgan fingerprint density at radius 1 is 1.20 bits per heavy atom. The summed E-state index contributed by atoms with van der Waals surface area (Å²) < 4.78 is 2.04. The molecule has 1 N–H and O–H groups in total. The molecule has 0 saturated heterocycles. The molecule has 0 spiro atoms. The molecule has 0 fully saturated rings. The van der Waals surface area contributed by atoms with Crippen LogP contribution in [0, 0.1) is 6.92 Å². The zero-order valence-corrected chi connectivity index (χ0v) is 13.0. The van der Waals surface area contributed by atoms with Crippen molar-refractivity contribution in [3.63, 3.8) is 0 Å². The van der Waals surface area contributed by atoms with Crippen LogP contribution in [0.5, 0.6) is 0 Å². The van der Waals surface area contributed by atoms with Gasteiger partial charge in [0.15, 0.2) is 0 Å². The van der Waals surface area contributed by atoms with Crippen LogP contribution in [0.15, 0.2) is 30.5 Å². The third kappa shape index (κ3) is 3.28. The van der Waals surface area contributed by atoms with Crippen molar-refractivity contribution in [2.45, 2.75) is 46.7 Å². The minimum absolute atomic E-state index is 0.401. The van der Waals surface area contributed by atoms with Crippen molar-refractivity contribution in [3.8, 4) is 11.1 Å². The van der Waals surface area contributed by atoms with Crippen molar-refractivity contribution in [3.05, 3.63) is 41.7 Å². The molecule has 0 radical (unpaired) electrons. The van der Waals surface area contributed by atoms with Gasteiger partial charge in [-0.25, -0.2) is 0 Å². The van der Waals surface area contributed by atoms with Gasteiger partial charge in [0.1, 0.15) is 0 Å². The lowest BCUT2D eigenvalue weighted by Gasteiger charge is -2.13. The van der Waals surface area contributed by atoms with Crippen LogP contribution in [0.25, 0.3) is 11.1 Å². The highest BCUT2D eigenvalue weighted by Gasteiger charge is 2.08. The Morgan fingerprint density at radius 2 is 1.90 bits per heavy atom. The summed E-state index contributed by atoms with van der Waals surface area (Å²) in [5.74, 6) is 0. The molecule has 0 aliphatic carbocycles. The zero-order chi connectivity index (χ0) is 14.5. The lowest BCUT2D eigenvalue weighted by Crippen LogP contribution is -2.17. The van der Waals surface area contributed by atoms with E-state index < -0.39 is 0 Å². The zero-order valence-electron chi connectivity index (χ0n) is 13.0. The first kappa shape index (κ1) is 14.8. The molecule has 0 saturated carbocycles. The maximum atomic E-state index is 4.57. The molecule has 1 heterocycles. The van der Waals surface area contributed by atoms with E-state index >= 15 is 0 Å². The van der Waals surface area contributed by atoms with Crippen LogP contribution in [0.4, 0.5) is 0 Å². The summed E-state index contributed by atoms with van der Waals surface area (Å²) in [6.07, 6.45) is 3.27. The number of hydrogen-bond donors (Lipinski definition) is 1. The fourth-order valence-corrected chi connectivity index (χ4v) is 2.52. The number of rotatable bonds is 6. The van der Waals surface area contributed by atoms with Gasteiger partial charge in [0, 0.05) is 24.3 Å². The largest absolute Gasteiger partial charge is 0.310 e. The fourth-order valence-electron chi connectivity index (χ4n) is 2.52. The molecule has 0 aliphatic heterocycles. The Hall–Kier alpha value is -1.61. The smallest absolute Gasteiger partial charge is 0.0672 e. The first-order chi connectivity index (χ1) is 9.65. The molecule has 1 unspecified atom stereocenters. The molecule has 2 aromatic rings. The number of aryl methyl sites for hydroxylation is 2. The molecule has 2 rings (SSSR count). The summed E-state index contributed by atoms with van der Waals surface area (Å²) in [7, 11) is 0. The SMILES string of the molecule is CCCn1cc(-c2ccc(C(C)NCC)cc2)c(C)n1. The van der Waals surface area contributed by atoms with Crippen molar-refractivity contribution < 1.29 is 0 Å². The second kappa shape index (κ2) is 6.71. The molecule has 1 atom stereocenters. The van der Waals surface area contributed by atoms with E-state index in [0.29, 0.717) is 6.04 Å². The molecular weight excluding hydrogens is 246 g/mol. The Balaban J connectivity index is 2.21. The molecule has 0 amide bonds. The van der Waals surface area contributed by atoms with E-state index in [2.05, 4.69) is 68.6 Å². The Bertz CT molecular complexity index is 540. The highest BCUT2D eigenvalue weighted by atomic mass is 15.3. The van der Waals surface area contributed by atoms with E-state index in [1.165, 1.54) is 16.7 Å². The van der Waals surface area contributed by atoms with Crippen molar-refractivity contribution in [2.24, 2.45) is 0 Å². The van der Waals surface area contributed by atoms with Gasteiger partial charge in [-0.15, -0.1) is 0 Å². The second-order valence-corrected chi connectivity index (χ2v) is 5.29. The number of hydrogen-bond acceptors (Lipinski definition) is 2. The fraction of sp³-hybridized carbons (Fsp3) is 0.471. The van der Waals surface area contributed by atoms with Gasteiger partial charge in [-0.1, -0.05) is 38.1 Å². The van der Waals surface area contributed by atoms with Gasteiger partial charge in [0.2, 0.25) is 0 Å². The van der Waals surface area contributed by atoms with Crippen LogP contribution in [0.1, 0.15) is 44.5 Å². The molecule has 1 aromatic heterocycles. The lowest BCUT2D eigenvalue weighted by atomic mass is 10.0. The minimum atomic E-state index is 0.401. The highest BCUT2D eigenvalue weighted by molar-refractivity contribution is 5.65. The Morgan fingerprint density at radius 3 is 2.50 bits per heavy atom. The summed E-state index contributed by atoms with van der Waals surface area (Å²) in [4.78, 5) is 0. The maximum Gasteiger partial charge on any atom is 0.0672 e. The van der Waals surface area contributed by atoms with Crippen LogP contribution in [-0.4, -0.2) is 16.3 Å². The van der Waals surface area contributed by atoms with Gasteiger partial charge >= 0.3 is 0 Å². The number of benzene rings is 1. The minimum Gasteiger partial charge on any atom is -0.310 e. The predicted octanol–water partition coefficient (Wildman–Crippen LogP) is 3.94. The average Bonchev–Trinajstić information content (AvgIpc) is 2.80. The van der Waals surface area contributed by atoms with E-state index in [9.17, 15) is 0 Å². The van der Waals surface area contributed by atoms with Gasteiger partial charge in [-0.05, 0) is 37.9 Å². The highest BCUT2D eigenvalue weighted by Crippen LogP contribution is 2.24. The number of aromatic nitrogens is 2. The van der Waals surface area contributed by atoms with E-state index in [0.717, 1.165) is 25.2 Å². The van der Waals surface area contributed by atoms with Crippen molar-refractivity contribution >= 4 is 0 Å². The molecular formula is C17H25N3. The average molecular weight is 271 g/mol. The Labute approximate surface area is 122 Å². The standard InChI is InChI=1S/C17H25N3/c1-5-11-20-12-17(14(4)19-20)16-9-7-15(8-10-16)13(3)18-6-2/h7-10,12-13,18H,5-6,11H2,1-4H3. The summed E-state index contributed by atoms with van der Waals surface area (Å²) in [6.45, 7) is 10.6. The summed E-state index contributed by atoms with van der Waals surface area (Å²) in [6, 6.07) is 9.21. The third-order valence-electron chi connectivity index (χ3n) is 3.63. The first-order valence-corrected chi connectivity index (χ1v) is 7.53. The summed E-state index contributed by atoms with van der Waals surface area (Å²) >= 11 is 0. The predicted molar refractivity (Wildman–Crippen MR) is 84.8 cm³/mol. The van der Waals surface area contributed by atoms with Crippen LogP contribution >= 0.6 is 0 Å². The second-order valence-electron chi connectivity index (χ2n) is 5.29. The molecule has 0 aliphatic rings. The molecule has 1 aromatic carbocycles. The number of nitrogens with zero attached hydrogens (tertiary/aromatic N) is 2. The molecule has 3 heteroatoms. The van der Waals surface area contributed by atoms with Crippen LogP contribution in [-0.2, 0) is 6.54 Å². The monoisotopic (exact) mass is 271 g/mol. The van der Waals surface area contributed by atoms with E-state index in [1.54, 1.807) is 0 Å². The van der Waals surface area contributed by atoms with Crippen LogP contribution < -0.4 is 5.32 Å². The topological polar surface area (TPSA) is 29.9 Å². The summed E-state index contributed by atoms with van der Waals surface area (Å²) in [5.41, 5.74) is 4.92. The Kier molecular flexibility index (Phi) is 4.96. The van der Waals surface area contributed by atoms with E-state index in [4.69, 9.17) is 0 Å². The molecule has 108 valence electrons. The first-order valence-electron chi connectivity index (χ1n) is 7.53. The number of nitrogens with one attached hydrogen (secondary N) is 1. The van der Waals surface area contributed by atoms with Gasteiger partial charge < -0.3 is 5.32 Å². The van der Waals surface area contributed by atoms with Gasteiger partial charge in [0.25, 0.3) is 0 Å². The van der Waals surface area contributed by atoms with Crippen LogP contribution in [0.3, 0.4) is 0 Å². The van der Waals surface area contributed by atoms with Gasteiger partial charge in [0.05, 0.1) is 5.69 Å². The molecule has 0 bridgehead atoms. The molecule has 3 nitrogen and oxygen atoms in total. The maximum absolute atomic E-state index is 4.57. The van der Waals surface area contributed by atoms with Crippen LogP contribution in [0.2, 0.25) is 0 Å². The third-order valence-corrected chi connectivity index (χ3v) is 3.63. The summed E-state index contributed by atoms with van der Waals surface area (Å²) in [5, 5.41) is 8.00. The van der Waals surface area contributed by atoms with E-state index in [-0.39, 0.29) is 0 Å². The normalized spacial score (nSPS) is 12.6.